The average molecular weight is 394 g/mol. The molecular weight excluding hydrogens is 380 g/mol. The summed E-state index contributed by atoms with van der Waals surface area (Å²) in [7, 11) is 0. The van der Waals surface area contributed by atoms with Gasteiger partial charge in [0, 0.05) is 17.8 Å². The molecule has 118 valence electrons. The Labute approximate surface area is 146 Å². The first kappa shape index (κ1) is 14.9. The molecule has 5 nitrogen and oxygen atoms in total. The molecule has 0 N–H and O–H groups in total. The summed E-state index contributed by atoms with van der Waals surface area (Å²) in [5.41, 5.74) is 2.63. The van der Waals surface area contributed by atoms with Gasteiger partial charge in [-0.15, -0.1) is 5.10 Å². The molecule has 1 fully saturated rings. The van der Waals surface area contributed by atoms with Crippen LogP contribution >= 0.6 is 27.5 Å². The van der Waals surface area contributed by atoms with Gasteiger partial charge in [-0.3, -0.25) is 4.98 Å². The third-order valence-electron chi connectivity index (χ3n) is 3.87. The molecule has 0 unspecified atom stereocenters. The van der Waals surface area contributed by atoms with Gasteiger partial charge in [-0.2, -0.15) is 0 Å². The zero-order valence-electron chi connectivity index (χ0n) is 12.2. The lowest BCUT2D eigenvalue weighted by Gasteiger charge is -2.08. The number of aromatic nitrogens is 4. The highest BCUT2D eigenvalue weighted by molar-refractivity contribution is 9.10. The third-order valence-corrected chi connectivity index (χ3v) is 4.87. The minimum Gasteiger partial charge on any atom is -0.486 e. The molecule has 4 rings (SSSR count). The Bertz CT molecular complexity index is 862. The van der Waals surface area contributed by atoms with Crippen LogP contribution in [0.25, 0.3) is 11.0 Å². The molecule has 0 radical (unpaired) electrons. The molecule has 0 aliphatic heterocycles. The van der Waals surface area contributed by atoms with E-state index in [1.54, 1.807) is 18.3 Å². The van der Waals surface area contributed by atoms with E-state index in [2.05, 4.69) is 31.2 Å². The van der Waals surface area contributed by atoms with Gasteiger partial charge >= 0.3 is 0 Å². The second-order valence-electron chi connectivity index (χ2n) is 5.71. The van der Waals surface area contributed by atoms with Crippen molar-refractivity contribution in [3.63, 3.8) is 0 Å². The van der Waals surface area contributed by atoms with Crippen molar-refractivity contribution in [3.05, 3.63) is 45.7 Å². The first-order chi connectivity index (χ1) is 11.2. The SMILES string of the molecule is Clc1ccnc(COc2ccc3c(nnn3CC3CC3)c2Br)c1. The molecule has 1 aliphatic carbocycles. The number of rotatable bonds is 5. The highest BCUT2D eigenvalue weighted by Crippen LogP contribution is 2.35. The second kappa shape index (κ2) is 6.09. The van der Waals surface area contributed by atoms with Crippen LogP contribution in [0.3, 0.4) is 0 Å². The van der Waals surface area contributed by atoms with E-state index in [1.807, 2.05) is 16.8 Å². The van der Waals surface area contributed by atoms with Crippen molar-refractivity contribution in [2.75, 3.05) is 0 Å². The molecule has 7 heteroatoms. The third kappa shape index (κ3) is 3.19. The molecule has 0 amide bonds. The van der Waals surface area contributed by atoms with Crippen molar-refractivity contribution >= 4 is 38.6 Å². The maximum absolute atomic E-state index is 5.96. The summed E-state index contributed by atoms with van der Waals surface area (Å²) in [5.74, 6) is 1.47. The van der Waals surface area contributed by atoms with Gasteiger partial charge in [0.25, 0.3) is 0 Å². The van der Waals surface area contributed by atoms with Gasteiger partial charge in [-0.25, -0.2) is 4.68 Å². The summed E-state index contributed by atoms with van der Waals surface area (Å²) in [4.78, 5) is 4.23. The number of hydrogen-bond donors (Lipinski definition) is 0. The van der Waals surface area contributed by atoms with Gasteiger partial charge in [0.15, 0.2) is 0 Å². The lowest BCUT2D eigenvalue weighted by Crippen LogP contribution is -2.02. The van der Waals surface area contributed by atoms with Crippen LogP contribution in [-0.2, 0) is 13.2 Å². The van der Waals surface area contributed by atoms with Crippen molar-refractivity contribution < 1.29 is 4.74 Å². The van der Waals surface area contributed by atoms with E-state index in [0.717, 1.165) is 39.4 Å². The summed E-state index contributed by atoms with van der Waals surface area (Å²) in [5, 5.41) is 9.19. The van der Waals surface area contributed by atoms with E-state index in [0.29, 0.717) is 11.6 Å². The monoisotopic (exact) mass is 392 g/mol. The van der Waals surface area contributed by atoms with Crippen molar-refractivity contribution in [1.29, 1.82) is 0 Å². The van der Waals surface area contributed by atoms with E-state index in [1.165, 1.54) is 12.8 Å². The van der Waals surface area contributed by atoms with Gasteiger partial charge < -0.3 is 4.74 Å². The number of pyridine rings is 1. The standard InChI is InChI=1S/C16H14BrClN4O/c17-15-14(23-9-12-7-11(18)5-6-19-12)4-3-13-16(15)20-21-22(13)8-10-1-2-10/h3-7,10H,1-2,8-9H2. The maximum atomic E-state index is 5.96. The largest absolute Gasteiger partial charge is 0.486 e. The topological polar surface area (TPSA) is 52.8 Å². The molecule has 0 atom stereocenters. The Kier molecular flexibility index (Phi) is 3.95. The smallest absolute Gasteiger partial charge is 0.136 e. The lowest BCUT2D eigenvalue weighted by molar-refractivity contribution is 0.300. The average Bonchev–Trinajstić information content (AvgIpc) is 3.26. The molecule has 2 aromatic heterocycles. The molecule has 0 spiro atoms. The Morgan fingerprint density at radius 3 is 2.96 bits per heavy atom. The number of nitrogens with zero attached hydrogens (tertiary/aromatic N) is 4. The number of ether oxygens (including phenoxy) is 1. The molecule has 1 saturated carbocycles. The minimum atomic E-state index is 0.348. The molecule has 2 heterocycles. The molecule has 0 bridgehead atoms. The van der Waals surface area contributed by atoms with Crippen molar-refractivity contribution in [2.45, 2.75) is 26.0 Å². The lowest BCUT2D eigenvalue weighted by atomic mass is 10.3. The fraction of sp³-hybridized carbons (Fsp3) is 0.312. The highest BCUT2D eigenvalue weighted by Gasteiger charge is 2.23. The first-order valence-electron chi connectivity index (χ1n) is 7.45. The summed E-state index contributed by atoms with van der Waals surface area (Å²) in [6.45, 7) is 1.29. The van der Waals surface area contributed by atoms with Crippen LogP contribution in [0.1, 0.15) is 18.5 Å². The second-order valence-corrected chi connectivity index (χ2v) is 6.94. The Hall–Kier alpha value is -1.66. The van der Waals surface area contributed by atoms with Crippen molar-refractivity contribution in [2.24, 2.45) is 5.92 Å². The first-order valence-corrected chi connectivity index (χ1v) is 8.63. The molecule has 1 aliphatic rings. The summed E-state index contributed by atoms with van der Waals surface area (Å²) >= 11 is 9.54. The van der Waals surface area contributed by atoms with E-state index in [9.17, 15) is 0 Å². The molecule has 1 aromatic carbocycles. The van der Waals surface area contributed by atoms with Gasteiger partial charge in [-0.05, 0) is 59.0 Å². The Morgan fingerprint density at radius 2 is 2.17 bits per heavy atom. The fourth-order valence-corrected chi connectivity index (χ4v) is 3.17. The van der Waals surface area contributed by atoms with Crippen LogP contribution in [0.4, 0.5) is 0 Å². The maximum Gasteiger partial charge on any atom is 0.136 e. The number of halogens is 2. The molecule has 23 heavy (non-hydrogen) atoms. The van der Waals surface area contributed by atoms with Gasteiger partial charge in [-0.1, -0.05) is 16.8 Å². The van der Waals surface area contributed by atoms with Crippen molar-refractivity contribution in [1.82, 2.24) is 20.0 Å². The molecule has 0 saturated heterocycles. The highest BCUT2D eigenvalue weighted by atomic mass is 79.9. The summed E-state index contributed by atoms with van der Waals surface area (Å²) < 4.78 is 8.63. The van der Waals surface area contributed by atoms with Crippen LogP contribution in [0.2, 0.25) is 5.02 Å². The normalized spacial score (nSPS) is 14.3. The Balaban J connectivity index is 1.56. The number of hydrogen-bond acceptors (Lipinski definition) is 4. The van der Waals surface area contributed by atoms with E-state index in [-0.39, 0.29) is 0 Å². The van der Waals surface area contributed by atoms with Crippen molar-refractivity contribution in [3.8, 4) is 5.75 Å². The van der Waals surface area contributed by atoms with Crippen LogP contribution in [-0.4, -0.2) is 20.0 Å². The molecule has 3 aromatic rings. The van der Waals surface area contributed by atoms with Crippen LogP contribution in [0, 0.1) is 5.92 Å². The van der Waals surface area contributed by atoms with Gasteiger partial charge in [0.05, 0.1) is 15.7 Å². The van der Waals surface area contributed by atoms with E-state index < -0.39 is 0 Å². The predicted molar refractivity (Wildman–Crippen MR) is 91.5 cm³/mol. The molecular formula is C16H14BrClN4O. The zero-order valence-corrected chi connectivity index (χ0v) is 14.6. The van der Waals surface area contributed by atoms with E-state index in [4.69, 9.17) is 16.3 Å². The Morgan fingerprint density at radius 1 is 1.30 bits per heavy atom. The van der Waals surface area contributed by atoms with Gasteiger partial charge in [0.1, 0.15) is 17.9 Å². The minimum absolute atomic E-state index is 0.348. The van der Waals surface area contributed by atoms with Crippen LogP contribution < -0.4 is 4.74 Å². The van der Waals surface area contributed by atoms with Gasteiger partial charge in [0.2, 0.25) is 0 Å². The number of benzene rings is 1. The predicted octanol–water partition coefficient (Wildman–Crippen LogP) is 4.23. The van der Waals surface area contributed by atoms with E-state index >= 15 is 0 Å². The van der Waals surface area contributed by atoms with Crippen LogP contribution in [0.5, 0.6) is 5.75 Å². The summed E-state index contributed by atoms with van der Waals surface area (Å²) in [6, 6.07) is 7.47. The van der Waals surface area contributed by atoms with Crippen LogP contribution in [0.15, 0.2) is 34.9 Å². The summed E-state index contributed by atoms with van der Waals surface area (Å²) in [6.07, 6.45) is 4.25. The number of fused-ring (bicyclic) bond motifs is 1. The zero-order chi connectivity index (χ0) is 15.8. The fourth-order valence-electron chi connectivity index (χ4n) is 2.46. The quantitative estimate of drug-likeness (QED) is 0.651.